The lowest BCUT2D eigenvalue weighted by molar-refractivity contribution is 1.24. The molecule has 4 heteroatoms. The highest BCUT2D eigenvalue weighted by atomic mass is 127. The lowest BCUT2D eigenvalue weighted by Gasteiger charge is -2.02. The van der Waals surface area contributed by atoms with Crippen LogP contribution < -0.4 is 0 Å². The van der Waals surface area contributed by atoms with Crippen LogP contribution in [-0.4, -0.2) is 9.36 Å². The molecule has 0 fully saturated rings. The summed E-state index contributed by atoms with van der Waals surface area (Å²) in [5.41, 5.74) is 3.71. The first-order chi connectivity index (χ1) is 6.66. The van der Waals surface area contributed by atoms with E-state index in [0.29, 0.717) is 0 Å². The molecule has 1 aromatic carbocycles. The van der Waals surface area contributed by atoms with Crippen molar-refractivity contribution in [2.75, 3.05) is 0 Å². The number of nitrogens with zero attached hydrogens (tertiary/aromatic N) is 2. The summed E-state index contributed by atoms with van der Waals surface area (Å²) < 4.78 is 5.00. The number of benzene rings is 1. The van der Waals surface area contributed by atoms with Crippen molar-refractivity contribution in [3.63, 3.8) is 0 Å². The molecule has 0 aliphatic rings. The number of aromatic nitrogens is 2. The van der Waals surface area contributed by atoms with E-state index in [1.54, 1.807) is 0 Å². The average Bonchev–Trinajstić information content (AvgIpc) is 2.56. The summed E-state index contributed by atoms with van der Waals surface area (Å²) in [6, 6.07) is 6.40. The van der Waals surface area contributed by atoms with Gasteiger partial charge in [-0.05, 0) is 37.0 Å². The van der Waals surface area contributed by atoms with Gasteiger partial charge in [0.2, 0.25) is 3.83 Å². The zero-order valence-electron chi connectivity index (χ0n) is 7.91. The van der Waals surface area contributed by atoms with E-state index in [9.17, 15) is 0 Å². The van der Waals surface area contributed by atoms with Crippen molar-refractivity contribution in [3.8, 4) is 10.6 Å². The molecule has 1 aromatic heterocycles. The highest BCUT2D eigenvalue weighted by molar-refractivity contribution is 14.1. The molecule has 0 spiro atoms. The Hall–Kier alpha value is -0.490. The monoisotopic (exact) mass is 316 g/mol. The van der Waals surface area contributed by atoms with Crippen LogP contribution in [0.2, 0.25) is 0 Å². The molecule has 2 nitrogen and oxygen atoms in total. The number of halogens is 1. The summed E-state index contributed by atoms with van der Waals surface area (Å²) in [7, 11) is 0. The lowest BCUT2D eigenvalue weighted by Crippen LogP contribution is -1.84. The molecule has 0 radical (unpaired) electrons. The summed E-state index contributed by atoms with van der Waals surface area (Å²) in [6.07, 6.45) is 0. The van der Waals surface area contributed by atoms with Crippen molar-refractivity contribution in [2.45, 2.75) is 13.8 Å². The van der Waals surface area contributed by atoms with Crippen LogP contribution in [0.25, 0.3) is 10.6 Å². The molecule has 0 amide bonds. The van der Waals surface area contributed by atoms with Gasteiger partial charge >= 0.3 is 0 Å². The van der Waals surface area contributed by atoms with Gasteiger partial charge in [-0.25, -0.2) is 4.98 Å². The summed E-state index contributed by atoms with van der Waals surface area (Å²) in [5, 5.41) is 1.01. The Morgan fingerprint density at radius 2 is 2.07 bits per heavy atom. The van der Waals surface area contributed by atoms with Crippen LogP contribution in [0.1, 0.15) is 11.1 Å². The molecule has 1 heterocycles. The molecule has 0 unspecified atom stereocenters. The van der Waals surface area contributed by atoms with Crippen LogP contribution in [0.4, 0.5) is 0 Å². The van der Waals surface area contributed by atoms with Crippen molar-refractivity contribution in [1.82, 2.24) is 9.36 Å². The highest BCUT2D eigenvalue weighted by Gasteiger charge is 2.07. The Kier molecular flexibility index (Phi) is 2.83. The second-order valence-electron chi connectivity index (χ2n) is 3.19. The van der Waals surface area contributed by atoms with Crippen molar-refractivity contribution in [3.05, 3.63) is 33.2 Å². The van der Waals surface area contributed by atoms with Crippen molar-refractivity contribution >= 4 is 34.1 Å². The maximum absolute atomic E-state index is 4.38. The smallest absolute Gasteiger partial charge is 0.203 e. The van der Waals surface area contributed by atoms with Crippen LogP contribution in [0.3, 0.4) is 0 Å². The van der Waals surface area contributed by atoms with Gasteiger partial charge in [-0.15, -0.1) is 0 Å². The molecule has 2 rings (SSSR count). The van der Waals surface area contributed by atoms with Gasteiger partial charge < -0.3 is 0 Å². The fourth-order valence-corrected chi connectivity index (χ4v) is 2.63. The minimum atomic E-state index is 0.823. The van der Waals surface area contributed by atoms with E-state index in [2.05, 4.69) is 64.0 Å². The maximum atomic E-state index is 4.38. The normalized spacial score (nSPS) is 10.5. The highest BCUT2D eigenvalue weighted by Crippen LogP contribution is 2.26. The zero-order chi connectivity index (χ0) is 10.1. The van der Waals surface area contributed by atoms with E-state index < -0.39 is 0 Å². The van der Waals surface area contributed by atoms with Gasteiger partial charge in [0.05, 0.1) is 0 Å². The second kappa shape index (κ2) is 3.94. The zero-order valence-corrected chi connectivity index (χ0v) is 10.9. The summed E-state index contributed by atoms with van der Waals surface area (Å²) in [4.78, 5) is 4.38. The Labute approximate surface area is 101 Å². The van der Waals surface area contributed by atoms with Gasteiger partial charge in [-0.2, -0.15) is 4.37 Å². The van der Waals surface area contributed by atoms with Crippen LogP contribution in [0, 0.1) is 17.7 Å². The Balaban J connectivity index is 2.55. The third-order valence-corrected chi connectivity index (χ3v) is 3.58. The Morgan fingerprint density at radius 1 is 1.29 bits per heavy atom. The van der Waals surface area contributed by atoms with Crippen LogP contribution in [-0.2, 0) is 0 Å². The second-order valence-corrected chi connectivity index (χ2v) is 4.90. The molecule has 0 atom stereocenters. The quantitative estimate of drug-likeness (QED) is 0.753. The molecule has 0 N–H and O–H groups in total. The van der Waals surface area contributed by atoms with Crippen LogP contribution >= 0.6 is 34.1 Å². The van der Waals surface area contributed by atoms with E-state index in [1.807, 2.05) is 0 Å². The predicted octanol–water partition coefficient (Wildman–Crippen LogP) is 3.43. The van der Waals surface area contributed by atoms with E-state index in [0.717, 1.165) is 8.84 Å². The third kappa shape index (κ3) is 1.95. The van der Waals surface area contributed by atoms with Gasteiger partial charge in [-0.3, -0.25) is 0 Å². The molecule has 0 saturated carbocycles. The van der Waals surface area contributed by atoms with Crippen molar-refractivity contribution in [2.24, 2.45) is 0 Å². The molecule has 2 aromatic rings. The molecule has 0 saturated heterocycles. The molecular formula is C10H9IN2S. The molecule has 72 valence electrons. The molecule has 0 bridgehead atoms. The van der Waals surface area contributed by atoms with Crippen LogP contribution in [0.5, 0.6) is 0 Å². The largest absolute Gasteiger partial charge is 0.210 e. The fourth-order valence-electron chi connectivity index (χ4n) is 1.28. The van der Waals surface area contributed by atoms with E-state index >= 15 is 0 Å². The number of aryl methyl sites for hydroxylation is 2. The lowest BCUT2D eigenvalue weighted by atomic mass is 10.1. The van der Waals surface area contributed by atoms with Gasteiger partial charge in [0, 0.05) is 28.2 Å². The topological polar surface area (TPSA) is 25.8 Å². The summed E-state index contributed by atoms with van der Waals surface area (Å²) >= 11 is 3.59. The van der Waals surface area contributed by atoms with Crippen LogP contribution in [0.15, 0.2) is 18.2 Å². The summed E-state index contributed by atoms with van der Waals surface area (Å²) in [6.45, 7) is 4.19. The number of rotatable bonds is 1. The van der Waals surface area contributed by atoms with E-state index in [1.165, 1.54) is 28.2 Å². The fraction of sp³-hybridized carbons (Fsp3) is 0.200. The van der Waals surface area contributed by atoms with Crippen molar-refractivity contribution < 1.29 is 0 Å². The maximum Gasteiger partial charge on any atom is 0.203 e. The van der Waals surface area contributed by atoms with Gasteiger partial charge in [0.1, 0.15) is 5.01 Å². The van der Waals surface area contributed by atoms with E-state index in [4.69, 9.17) is 0 Å². The first-order valence-electron chi connectivity index (χ1n) is 4.23. The molecule has 0 aliphatic carbocycles. The number of hydrogen-bond acceptors (Lipinski definition) is 3. The first kappa shape index (κ1) is 10.0. The Morgan fingerprint density at radius 3 is 2.71 bits per heavy atom. The van der Waals surface area contributed by atoms with Gasteiger partial charge in [-0.1, -0.05) is 17.7 Å². The molecule has 14 heavy (non-hydrogen) atoms. The van der Waals surface area contributed by atoms with Crippen molar-refractivity contribution in [1.29, 1.82) is 0 Å². The number of hydrogen-bond donors (Lipinski definition) is 0. The standard InChI is InChI=1S/C10H9IN2S/c1-6-3-4-7(2)8(5-6)9-12-10(11)13-14-9/h3-5H,1-2H3. The average molecular weight is 316 g/mol. The minimum absolute atomic E-state index is 0.823. The Bertz CT molecular complexity index is 465. The third-order valence-electron chi connectivity index (χ3n) is 2.02. The van der Waals surface area contributed by atoms with Gasteiger partial charge in [0.15, 0.2) is 0 Å². The van der Waals surface area contributed by atoms with Gasteiger partial charge in [0.25, 0.3) is 0 Å². The SMILES string of the molecule is Cc1ccc(C)c(-c2nc(I)ns2)c1. The minimum Gasteiger partial charge on any atom is -0.210 e. The molecular weight excluding hydrogens is 307 g/mol. The first-order valence-corrected chi connectivity index (χ1v) is 6.09. The predicted molar refractivity (Wildman–Crippen MR) is 67.5 cm³/mol. The molecule has 0 aliphatic heterocycles. The summed E-state index contributed by atoms with van der Waals surface area (Å²) in [5.74, 6) is 0. The van der Waals surface area contributed by atoms with E-state index in [-0.39, 0.29) is 0 Å².